The molecule has 4 nitrogen and oxygen atoms in total. The topological polar surface area (TPSA) is 64.4 Å². The molecule has 2 rings (SSSR count). The molecule has 1 aromatic carbocycles. The Hall–Kier alpha value is -1.38. The summed E-state index contributed by atoms with van der Waals surface area (Å²) in [6.07, 6.45) is -3.85. The Bertz CT molecular complexity index is 575. The molecule has 0 saturated carbocycles. The van der Waals surface area contributed by atoms with Crippen molar-refractivity contribution in [3.63, 3.8) is 0 Å². The smallest absolute Gasteiger partial charge is 0.381 e. The molecule has 1 aliphatic heterocycles. The van der Waals surface area contributed by atoms with Crippen LogP contribution in [0.2, 0.25) is 0 Å². The summed E-state index contributed by atoms with van der Waals surface area (Å²) in [7, 11) is 0. The Kier molecular flexibility index (Phi) is 7.00. The highest BCUT2D eigenvalue weighted by Crippen LogP contribution is 2.33. The zero-order valence-corrected chi connectivity index (χ0v) is 13.6. The van der Waals surface area contributed by atoms with E-state index in [4.69, 9.17) is 10.5 Å². The number of halogens is 5. The number of ether oxygens (including phenoxy) is 1. The van der Waals surface area contributed by atoms with E-state index in [9.17, 15) is 22.4 Å². The lowest BCUT2D eigenvalue weighted by molar-refractivity contribution is -0.139. The fraction of sp³-hybridized carbons (Fsp3) is 0.533. The summed E-state index contributed by atoms with van der Waals surface area (Å²) in [6, 6.07) is 2.38. The number of nitrogens with one attached hydrogen (secondary N) is 1. The van der Waals surface area contributed by atoms with Gasteiger partial charge in [0.1, 0.15) is 5.82 Å². The average molecular weight is 371 g/mol. The molecule has 0 bridgehead atoms. The van der Waals surface area contributed by atoms with Crippen LogP contribution in [0.5, 0.6) is 0 Å². The van der Waals surface area contributed by atoms with E-state index in [-0.39, 0.29) is 31.1 Å². The van der Waals surface area contributed by atoms with Crippen LogP contribution in [-0.2, 0) is 22.3 Å². The van der Waals surface area contributed by atoms with E-state index < -0.39 is 28.9 Å². The third-order valence-electron chi connectivity index (χ3n) is 4.14. The highest BCUT2D eigenvalue weighted by atomic mass is 35.5. The molecule has 0 radical (unpaired) electrons. The van der Waals surface area contributed by atoms with Crippen molar-refractivity contribution in [1.29, 1.82) is 0 Å². The second kappa shape index (κ2) is 8.13. The number of hydrogen-bond acceptors (Lipinski definition) is 3. The number of benzene rings is 1. The van der Waals surface area contributed by atoms with E-state index in [1.54, 1.807) is 0 Å². The van der Waals surface area contributed by atoms with Crippen LogP contribution in [0, 0.1) is 11.2 Å². The molecule has 0 unspecified atom stereocenters. The zero-order valence-electron chi connectivity index (χ0n) is 12.8. The van der Waals surface area contributed by atoms with Crippen molar-refractivity contribution in [2.45, 2.75) is 25.6 Å². The third-order valence-corrected chi connectivity index (χ3v) is 4.14. The molecule has 24 heavy (non-hydrogen) atoms. The van der Waals surface area contributed by atoms with Crippen LogP contribution in [0.4, 0.5) is 17.6 Å². The Morgan fingerprint density at radius 3 is 2.46 bits per heavy atom. The van der Waals surface area contributed by atoms with Crippen molar-refractivity contribution < 1.29 is 27.1 Å². The summed E-state index contributed by atoms with van der Waals surface area (Å²) in [5.41, 5.74) is 3.58. The Morgan fingerprint density at radius 2 is 1.92 bits per heavy atom. The first-order chi connectivity index (χ1) is 10.8. The number of carbonyl (C=O) groups excluding carboxylic acids is 1. The molecular formula is C15H19ClF4N2O2. The molecule has 1 saturated heterocycles. The van der Waals surface area contributed by atoms with Crippen LogP contribution < -0.4 is 11.1 Å². The first-order valence-electron chi connectivity index (χ1n) is 7.20. The van der Waals surface area contributed by atoms with Gasteiger partial charge in [-0.05, 0) is 30.5 Å². The largest absolute Gasteiger partial charge is 0.416 e. The van der Waals surface area contributed by atoms with E-state index in [2.05, 4.69) is 5.32 Å². The molecule has 9 heteroatoms. The molecule has 1 heterocycles. The third kappa shape index (κ3) is 4.58. The van der Waals surface area contributed by atoms with Crippen LogP contribution in [0.3, 0.4) is 0 Å². The van der Waals surface area contributed by atoms with E-state index in [1.807, 2.05) is 0 Å². The predicted molar refractivity (Wildman–Crippen MR) is 82.0 cm³/mol. The Morgan fingerprint density at radius 1 is 1.29 bits per heavy atom. The maximum Gasteiger partial charge on any atom is 0.416 e. The van der Waals surface area contributed by atoms with Crippen LogP contribution in [0.15, 0.2) is 18.2 Å². The quantitative estimate of drug-likeness (QED) is 0.801. The van der Waals surface area contributed by atoms with E-state index in [1.165, 1.54) is 0 Å². The molecule has 1 aliphatic rings. The van der Waals surface area contributed by atoms with E-state index in [0.717, 1.165) is 12.1 Å². The predicted octanol–water partition coefficient (Wildman–Crippen LogP) is 2.64. The standard InChI is InChI=1S/C15H18F4N2O2.ClH/c16-11-2-1-10(12(7-11)15(17,18)19)8-21-13(22)14(9-20)3-5-23-6-4-14;/h1-2,7H,3-6,8-9,20H2,(H,21,22);1H. The van der Waals surface area contributed by atoms with Crippen LogP contribution in [0.25, 0.3) is 0 Å². The van der Waals surface area contributed by atoms with Gasteiger partial charge in [-0.25, -0.2) is 4.39 Å². The summed E-state index contributed by atoms with van der Waals surface area (Å²) >= 11 is 0. The lowest BCUT2D eigenvalue weighted by atomic mass is 9.79. The number of rotatable bonds is 4. The van der Waals surface area contributed by atoms with Crippen molar-refractivity contribution in [2.24, 2.45) is 11.1 Å². The maximum absolute atomic E-state index is 13.1. The lowest BCUT2D eigenvalue weighted by Crippen LogP contribution is -2.49. The minimum Gasteiger partial charge on any atom is -0.381 e. The van der Waals surface area contributed by atoms with Gasteiger partial charge in [0, 0.05) is 26.3 Å². The minimum atomic E-state index is -4.69. The summed E-state index contributed by atoms with van der Waals surface area (Å²) in [4.78, 5) is 12.4. The van der Waals surface area contributed by atoms with Crippen LogP contribution in [0.1, 0.15) is 24.0 Å². The second-order valence-corrected chi connectivity index (χ2v) is 5.58. The molecule has 0 atom stereocenters. The van der Waals surface area contributed by atoms with Gasteiger partial charge < -0.3 is 15.8 Å². The minimum absolute atomic E-state index is 0. The second-order valence-electron chi connectivity index (χ2n) is 5.58. The summed E-state index contributed by atoms with van der Waals surface area (Å²) in [5, 5.41) is 2.50. The summed E-state index contributed by atoms with van der Waals surface area (Å²) < 4.78 is 57.1. The number of nitrogens with two attached hydrogens (primary N) is 1. The van der Waals surface area contributed by atoms with E-state index >= 15 is 0 Å². The lowest BCUT2D eigenvalue weighted by Gasteiger charge is -2.34. The van der Waals surface area contributed by atoms with Crippen molar-refractivity contribution >= 4 is 18.3 Å². The Labute approximate surface area is 143 Å². The normalized spacial score (nSPS) is 17.0. The molecule has 3 N–H and O–H groups in total. The molecule has 0 spiro atoms. The first kappa shape index (κ1) is 20.7. The number of alkyl halides is 3. The number of hydrogen-bond donors (Lipinski definition) is 2. The van der Waals surface area contributed by atoms with Gasteiger partial charge in [-0.3, -0.25) is 4.79 Å². The molecule has 0 aliphatic carbocycles. The molecule has 1 aromatic rings. The molecule has 136 valence electrons. The van der Waals surface area contributed by atoms with Crippen molar-refractivity contribution in [3.05, 3.63) is 35.1 Å². The monoisotopic (exact) mass is 370 g/mol. The van der Waals surface area contributed by atoms with Crippen molar-refractivity contribution in [3.8, 4) is 0 Å². The molecular weight excluding hydrogens is 352 g/mol. The summed E-state index contributed by atoms with van der Waals surface area (Å²) in [5.74, 6) is -1.38. The fourth-order valence-corrected chi connectivity index (χ4v) is 2.62. The maximum atomic E-state index is 13.1. The van der Waals surface area contributed by atoms with Crippen LogP contribution >= 0.6 is 12.4 Å². The van der Waals surface area contributed by atoms with Gasteiger partial charge in [0.2, 0.25) is 5.91 Å². The number of amides is 1. The zero-order chi connectivity index (χ0) is 17.1. The van der Waals surface area contributed by atoms with Crippen LogP contribution in [-0.4, -0.2) is 25.7 Å². The van der Waals surface area contributed by atoms with Gasteiger partial charge >= 0.3 is 6.18 Å². The molecule has 1 fully saturated rings. The van der Waals surface area contributed by atoms with Gasteiger partial charge in [0.05, 0.1) is 11.0 Å². The highest BCUT2D eigenvalue weighted by molar-refractivity contribution is 5.85. The van der Waals surface area contributed by atoms with Gasteiger partial charge in [-0.1, -0.05) is 6.07 Å². The molecule has 0 aromatic heterocycles. The van der Waals surface area contributed by atoms with Crippen molar-refractivity contribution in [1.82, 2.24) is 5.32 Å². The highest BCUT2D eigenvalue weighted by Gasteiger charge is 2.39. The van der Waals surface area contributed by atoms with Gasteiger partial charge in [0.15, 0.2) is 0 Å². The molecule has 1 amide bonds. The number of carbonyl (C=O) groups is 1. The van der Waals surface area contributed by atoms with Gasteiger partial charge in [0.25, 0.3) is 0 Å². The van der Waals surface area contributed by atoms with Gasteiger partial charge in [-0.2, -0.15) is 13.2 Å². The Balaban J connectivity index is 0.00000288. The SMILES string of the molecule is Cl.NCC1(C(=O)NCc2ccc(F)cc2C(F)(F)F)CCOCC1. The first-order valence-corrected chi connectivity index (χ1v) is 7.20. The average Bonchev–Trinajstić information content (AvgIpc) is 2.53. The summed E-state index contributed by atoms with van der Waals surface area (Å²) in [6.45, 7) is 0.526. The fourth-order valence-electron chi connectivity index (χ4n) is 2.62. The van der Waals surface area contributed by atoms with Crippen molar-refractivity contribution in [2.75, 3.05) is 19.8 Å². The van der Waals surface area contributed by atoms with E-state index in [0.29, 0.717) is 32.1 Å². The van der Waals surface area contributed by atoms with Gasteiger partial charge in [-0.15, -0.1) is 12.4 Å².